The van der Waals surface area contributed by atoms with Gasteiger partial charge in [-0.2, -0.15) is 0 Å². The molecule has 0 saturated carbocycles. The highest BCUT2D eigenvalue weighted by Crippen LogP contribution is 2.10. The molecule has 0 bridgehead atoms. The van der Waals surface area contributed by atoms with Crippen LogP contribution in [0.25, 0.3) is 0 Å². The average Bonchev–Trinajstić information content (AvgIpc) is 2.77. The highest BCUT2D eigenvalue weighted by Gasteiger charge is 2.13. The summed E-state index contributed by atoms with van der Waals surface area (Å²) in [6.07, 6.45) is 7.16. The van der Waals surface area contributed by atoms with Crippen molar-refractivity contribution < 1.29 is 13.9 Å². The first kappa shape index (κ1) is 12.8. The van der Waals surface area contributed by atoms with Crippen molar-refractivity contribution in [3.8, 4) is 0 Å². The second-order valence-corrected chi connectivity index (χ2v) is 4.04. The van der Waals surface area contributed by atoms with Crippen molar-refractivity contribution >= 4 is 5.97 Å². The molecule has 0 radical (unpaired) electrons. The minimum Gasteiger partial charge on any atom is -0.457 e. The van der Waals surface area contributed by atoms with Gasteiger partial charge in [0.1, 0.15) is 0 Å². The quantitative estimate of drug-likeness (QED) is 0.522. The molecule has 0 aromatic carbocycles. The fraction of sp³-hybridized carbons (Fsp3) is 0.615. The summed E-state index contributed by atoms with van der Waals surface area (Å²) in [6, 6.07) is 3.30. The van der Waals surface area contributed by atoms with Crippen molar-refractivity contribution in [3.63, 3.8) is 0 Å². The molecule has 0 spiro atoms. The smallest absolute Gasteiger partial charge is 0.374 e. The highest BCUT2D eigenvalue weighted by molar-refractivity contribution is 5.86. The van der Waals surface area contributed by atoms with Gasteiger partial charge in [0.2, 0.25) is 5.76 Å². The predicted octanol–water partition coefficient (Wildman–Crippen LogP) is 3.80. The van der Waals surface area contributed by atoms with Crippen molar-refractivity contribution in [2.24, 2.45) is 0 Å². The summed E-state index contributed by atoms with van der Waals surface area (Å²) in [7, 11) is 0. The summed E-state index contributed by atoms with van der Waals surface area (Å²) in [6.45, 7) is 4.10. The Bertz CT molecular complexity index is 290. The van der Waals surface area contributed by atoms with Gasteiger partial charge in [-0.25, -0.2) is 4.79 Å². The lowest BCUT2D eigenvalue weighted by Crippen LogP contribution is -2.14. The molecule has 0 amide bonds. The standard InChI is InChI=1S/C13H20O3/c1-3-4-5-6-8-11(2)16-13(14)12-9-7-10-15-12/h7,9-11H,3-6,8H2,1-2H3. The zero-order chi connectivity index (χ0) is 11.8. The monoisotopic (exact) mass is 224 g/mol. The lowest BCUT2D eigenvalue weighted by atomic mass is 10.1. The molecule has 1 aromatic heterocycles. The average molecular weight is 224 g/mol. The SMILES string of the molecule is CCCCCCC(C)OC(=O)c1ccco1. The topological polar surface area (TPSA) is 39.4 Å². The fourth-order valence-electron chi connectivity index (χ4n) is 1.55. The lowest BCUT2D eigenvalue weighted by Gasteiger charge is -2.11. The number of ether oxygens (including phenoxy) is 1. The van der Waals surface area contributed by atoms with Gasteiger partial charge in [-0.05, 0) is 31.9 Å². The van der Waals surface area contributed by atoms with Crippen molar-refractivity contribution in [3.05, 3.63) is 24.2 Å². The normalized spacial score (nSPS) is 12.4. The van der Waals surface area contributed by atoms with E-state index in [9.17, 15) is 4.79 Å². The number of carbonyl (C=O) groups excluding carboxylic acids is 1. The van der Waals surface area contributed by atoms with Gasteiger partial charge < -0.3 is 9.15 Å². The van der Waals surface area contributed by atoms with E-state index < -0.39 is 0 Å². The minimum absolute atomic E-state index is 0.0329. The first-order valence-electron chi connectivity index (χ1n) is 5.98. The molecule has 16 heavy (non-hydrogen) atoms. The zero-order valence-electron chi connectivity index (χ0n) is 10.1. The molecule has 1 atom stereocenters. The van der Waals surface area contributed by atoms with Gasteiger partial charge >= 0.3 is 5.97 Å². The maximum absolute atomic E-state index is 11.5. The van der Waals surface area contributed by atoms with E-state index in [-0.39, 0.29) is 17.8 Å². The van der Waals surface area contributed by atoms with Crippen LogP contribution in [0.1, 0.15) is 56.5 Å². The summed E-state index contributed by atoms with van der Waals surface area (Å²) in [5, 5.41) is 0. The number of esters is 1. The first-order chi connectivity index (χ1) is 7.74. The van der Waals surface area contributed by atoms with Crippen LogP contribution in [0.2, 0.25) is 0 Å². The second kappa shape index (κ2) is 7.09. The van der Waals surface area contributed by atoms with Gasteiger partial charge in [0.25, 0.3) is 0 Å². The van der Waals surface area contributed by atoms with Crippen molar-refractivity contribution in [2.45, 2.75) is 52.1 Å². The van der Waals surface area contributed by atoms with Gasteiger partial charge in [-0.3, -0.25) is 0 Å². The number of furan rings is 1. The molecule has 3 heteroatoms. The number of unbranched alkanes of at least 4 members (excludes halogenated alkanes) is 3. The second-order valence-electron chi connectivity index (χ2n) is 4.04. The van der Waals surface area contributed by atoms with Crippen LogP contribution in [0.4, 0.5) is 0 Å². The zero-order valence-corrected chi connectivity index (χ0v) is 10.1. The molecular formula is C13H20O3. The maximum Gasteiger partial charge on any atom is 0.374 e. The van der Waals surface area contributed by atoms with Gasteiger partial charge in [0.05, 0.1) is 12.4 Å². The third-order valence-corrected chi connectivity index (χ3v) is 2.49. The van der Waals surface area contributed by atoms with E-state index in [2.05, 4.69) is 6.92 Å². The first-order valence-corrected chi connectivity index (χ1v) is 5.98. The largest absolute Gasteiger partial charge is 0.457 e. The van der Waals surface area contributed by atoms with Crippen molar-refractivity contribution in [1.82, 2.24) is 0 Å². The Morgan fingerprint density at radius 3 is 2.88 bits per heavy atom. The predicted molar refractivity (Wildman–Crippen MR) is 62.3 cm³/mol. The van der Waals surface area contributed by atoms with E-state index in [1.165, 1.54) is 25.5 Å². The number of hydrogen-bond donors (Lipinski definition) is 0. The Labute approximate surface area is 96.8 Å². The maximum atomic E-state index is 11.5. The molecule has 0 aliphatic rings. The minimum atomic E-state index is -0.368. The van der Waals surface area contributed by atoms with Crippen LogP contribution in [0.15, 0.2) is 22.8 Å². The number of rotatable bonds is 7. The summed E-state index contributed by atoms with van der Waals surface area (Å²) in [5.74, 6) is -0.0894. The van der Waals surface area contributed by atoms with Crippen molar-refractivity contribution in [2.75, 3.05) is 0 Å². The van der Waals surface area contributed by atoms with Crippen LogP contribution in [-0.2, 0) is 4.74 Å². The van der Waals surface area contributed by atoms with Crippen LogP contribution in [0.3, 0.4) is 0 Å². The van der Waals surface area contributed by atoms with E-state index in [4.69, 9.17) is 9.15 Å². The molecule has 0 saturated heterocycles. The summed E-state index contributed by atoms with van der Waals surface area (Å²) < 4.78 is 10.2. The third-order valence-electron chi connectivity index (χ3n) is 2.49. The molecule has 1 rings (SSSR count). The lowest BCUT2D eigenvalue weighted by molar-refractivity contribution is 0.0283. The molecular weight excluding hydrogens is 204 g/mol. The Morgan fingerprint density at radius 1 is 1.44 bits per heavy atom. The molecule has 3 nitrogen and oxygen atoms in total. The third kappa shape index (κ3) is 4.51. The summed E-state index contributed by atoms with van der Waals surface area (Å²) in [5.41, 5.74) is 0. The summed E-state index contributed by atoms with van der Waals surface area (Å²) in [4.78, 5) is 11.5. The molecule has 0 N–H and O–H groups in total. The van der Waals surface area contributed by atoms with E-state index in [1.807, 2.05) is 6.92 Å². The molecule has 0 aliphatic heterocycles. The van der Waals surface area contributed by atoms with E-state index in [1.54, 1.807) is 12.1 Å². The Balaban J connectivity index is 2.19. The van der Waals surface area contributed by atoms with Crippen LogP contribution in [0, 0.1) is 0 Å². The van der Waals surface area contributed by atoms with Crippen LogP contribution in [-0.4, -0.2) is 12.1 Å². The van der Waals surface area contributed by atoms with E-state index in [0.29, 0.717) is 0 Å². The molecule has 1 unspecified atom stereocenters. The van der Waals surface area contributed by atoms with Gasteiger partial charge in [0.15, 0.2) is 0 Å². The van der Waals surface area contributed by atoms with Crippen LogP contribution >= 0.6 is 0 Å². The van der Waals surface area contributed by atoms with Crippen LogP contribution in [0.5, 0.6) is 0 Å². The molecule has 1 aromatic rings. The Hall–Kier alpha value is -1.25. The Morgan fingerprint density at radius 2 is 2.25 bits per heavy atom. The highest BCUT2D eigenvalue weighted by atomic mass is 16.6. The molecule has 0 aliphatic carbocycles. The molecule has 0 fully saturated rings. The fourth-order valence-corrected chi connectivity index (χ4v) is 1.55. The number of hydrogen-bond acceptors (Lipinski definition) is 3. The molecule has 90 valence electrons. The van der Waals surface area contributed by atoms with Crippen molar-refractivity contribution in [1.29, 1.82) is 0 Å². The summed E-state index contributed by atoms with van der Waals surface area (Å²) >= 11 is 0. The molecule has 1 heterocycles. The number of carbonyl (C=O) groups is 1. The Kier molecular flexibility index (Phi) is 5.68. The van der Waals surface area contributed by atoms with Crippen LogP contribution < -0.4 is 0 Å². The van der Waals surface area contributed by atoms with Gasteiger partial charge in [0, 0.05) is 0 Å². The van der Waals surface area contributed by atoms with E-state index >= 15 is 0 Å². The van der Waals surface area contributed by atoms with Gasteiger partial charge in [-0.1, -0.05) is 26.2 Å². The van der Waals surface area contributed by atoms with Gasteiger partial charge in [-0.15, -0.1) is 0 Å². The van der Waals surface area contributed by atoms with E-state index in [0.717, 1.165) is 12.8 Å².